The number of carbonyl (C=O) groups excluding carboxylic acids is 2. The smallest absolute Gasteiger partial charge is 0.250 e. The minimum atomic E-state index is -0.627. The van der Waals surface area contributed by atoms with Crippen molar-refractivity contribution in [2.75, 3.05) is 6.54 Å². The van der Waals surface area contributed by atoms with Gasteiger partial charge in [-0.3, -0.25) is 9.59 Å². The Labute approximate surface area is 129 Å². The quantitative estimate of drug-likeness (QED) is 0.929. The average molecular weight is 307 g/mol. The molecule has 0 saturated carbocycles. The summed E-state index contributed by atoms with van der Waals surface area (Å²) in [5, 5.41) is 2.83. The normalized spacial score (nSPS) is 23.0. The third-order valence-electron chi connectivity index (χ3n) is 3.58. The standard InChI is InChI=1S/C16H19ClN2O2/c1-11(2)14-15(20)18-13(12-7-4-3-5-8-12)16(21)19(14)10-6-9-17/h3-9,11,13-14H,10H2,1-2H3,(H,18,20)/b9-6+. The average Bonchev–Trinajstić information content (AvgIpc) is 2.48. The number of amides is 2. The Morgan fingerprint density at radius 2 is 1.95 bits per heavy atom. The first-order chi connectivity index (χ1) is 10.1. The van der Waals surface area contributed by atoms with Crippen molar-refractivity contribution >= 4 is 23.4 Å². The summed E-state index contributed by atoms with van der Waals surface area (Å²) in [5.41, 5.74) is 2.16. The Bertz CT molecular complexity index is 542. The highest BCUT2D eigenvalue weighted by Gasteiger charge is 2.41. The van der Waals surface area contributed by atoms with E-state index in [4.69, 9.17) is 11.6 Å². The molecule has 1 fully saturated rings. The second kappa shape index (κ2) is 6.76. The van der Waals surface area contributed by atoms with Crippen LogP contribution in [0.15, 0.2) is 41.9 Å². The molecule has 112 valence electrons. The minimum absolute atomic E-state index is 0.0365. The first-order valence-corrected chi connectivity index (χ1v) is 7.41. The highest BCUT2D eigenvalue weighted by Crippen LogP contribution is 2.25. The molecule has 1 aromatic carbocycles. The van der Waals surface area contributed by atoms with Gasteiger partial charge in [0.25, 0.3) is 5.91 Å². The first kappa shape index (κ1) is 15.6. The molecule has 0 aromatic heterocycles. The summed E-state index contributed by atoms with van der Waals surface area (Å²) in [7, 11) is 0. The van der Waals surface area contributed by atoms with E-state index in [1.165, 1.54) is 5.54 Å². The lowest BCUT2D eigenvalue weighted by atomic mass is 9.94. The van der Waals surface area contributed by atoms with E-state index < -0.39 is 12.1 Å². The molecule has 2 atom stereocenters. The van der Waals surface area contributed by atoms with Gasteiger partial charge in [0.2, 0.25) is 5.91 Å². The van der Waals surface area contributed by atoms with Crippen LogP contribution in [0.5, 0.6) is 0 Å². The van der Waals surface area contributed by atoms with Gasteiger partial charge in [0.15, 0.2) is 0 Å². The number of carbonyl (C=O) groups is 2. The lowest BCUT2D eigenvalue weighted by Crippen LogP contribution is -2.61. The Morgan fingerprint density at radius 1 is 1.29 bits per heavy atom. The van der Waals surface area contributed by atoms with E-state index in [2.05, 4.69) is 5.32 Å². The number of hydrogen-bond donors (Lipinski definition) is 1. The number of rotatable bonds is 4. The summed E-state index contributed by atoms with van der Waals surface area (Å²) in [6.07, 6.45) is 1.68. The van der Waals surface area contributed by atoms with E-state index >= 15 is 0 Å². The van der Waals surface area contributed by atoms with Crippen molar-refractivity contribution in [2.45, 2.75) is 25.9 Å². The number of nitrogens with zero attached hydrogens (tertiary/aromatic N) is 1. The molecule has 5 heteroatoms. The molecule has 2 unspecified atom stereocenters. The van der Waals surface area contributed by atoms with Gasteiger partial charge in [0.1, 0.15) is 12.1 Å². The molecule has 1 N–H and O–H groups in total. The topological polar surface area (TPSA) is 49.4 Å². The van der Waals surface area contributed by atoms with Gasteiger partial charge >= 0.3 is 0 Å². The van der Waals surface area contributed by atoms with Crippen LogP contribution >= 0.6 is 11.6 Å². The van der Waals surface area contributed by atoms with Gasteiger partial charge in [-0.2, -0.15) is 0 Å². The largest absolute Gasteiger partial charge is 0.339 e. The second-order valence-electron chi connectivity index (χ2n) is 5.39. The van der Waals surface area contributed by atoms with Gasteiger partial charge in [-0.25, -0.2) is 0 Å². The van der Waals surface area contributed by atoms with Gasteiger partial charge < -0.3 is 10.2 Å². The van der Waals surface area contributed by atoms with Gasteiger partial charge in [0, 0.05) is 12.1 Å². The predicted octanol–water partition coefficient (Wildman–Crippen LogP) is 2.46. The molecule has 2 amide bonds. The highest BCUT2D eigenvalue weighted by atomic mass is 35.5. The molecule has 21 heavy (non-hydrogen) atoms. The number of halogens is 1. The van der Waals surface area contributed by atoms with Crippen molar-refractivity contribution in [3.05, 3.63) is 47.5 Å². The van der Waals surface area contributed by atoms with Crippen molar-refractivity contribution in [1.29, 1.82) is 0 Å². The maximum Gasteiger partial charge on any atom is 0.250 e. The van der Waals surface area contributed by atoms with Crippen molar-refractivity contribution < 1.29 is 9.59 Å². The first-order valence-electron chi connectivity index (χ1n) is 6.97. The molecule has 1 aliphatic heterocycles. The summed E-state index contributed by atoms with van der Waals surface area (Å²) in [6.45, 7) is 4.19. The Balaban J connectivity index is 2.33. The molecule has 0 radical (unpaired) electrons. The molecule has 0 spiro atoms. The van der Waals surface area contributed by atoms with Crippen LogP contribution < -0.4 is 5.32 Å². The SMILES string of the molecule is CC(C)C1C(=O)NC(c2ccccc2)C(=O)N1C/C=C/Cl. The zero-order valence-corrected chi connectivity index (χ0v) is 12.9. The molecule has 4 nitrogen and oxygen atoms in total. The van der Waals surface area contributed by atoms with Gasteiger partial charge in [-0.05, 0) is 11.5 Å². The zero-order valence-electron chi connectivity index (χ0n) is 12.1. The molecule has 1 aromatic rings. The van der Waals surface area contributed by atoms with Gasteiger partial charge in [0.05, 0.1) is 0 Å². The van der Waals surface area contributed by atoms with E-state index in [0.717, 1.165) is 5.56 Å². The predicted molar refractivity (Wildman–Crippen MR) is 82.7 cm³/mol. The van der Waals surface area contributed by atoms with Gasteiger partial charge in [-0.15, -0.1) is 0 Å². The molecule has 1 saturated heterocycles. The van der Waals surface area contributed by atoms with Crippen LogP contribution in [0.3, 0.4) is 0 Å². The maximum absolute atomic E-state index is 12.7. The molecule has 0 aliphatic carbocycles. The lowest BCUT2D eigenvalue weighted by molar-refractivity contribution is -0.150. The van der Waals surface area contributed by atoms with Crippen LogP contribution in [0, 0.1) is 5.92 Å². The summed E-state index contributed by atoms with van der Waals surface area (Å²) in [6, 6.07) is 8.17. The van der Waals surface area contributed by atoms with E-state index in [9.17, 15) is 9.59 Å². The third kappa shape index (κ3) is 3.27. The fourth-order valence-electron chi connectivity index (χ4n) is 2.62. The van der Waals surface area contributed by atoms with Gasteiger partial charge in [-0.1, -0.05) is 61.9 Å². The van der Waals surface area contributed by atoms with Crippen LogP contribution in [0.25, 0.3) is 0 Å². The van der Waals surface area contributed by atoms with E-state index in [1.807, 2.05) is 44.2 Å². The summed E-state index contributed by atoms with van der Waals surface area (Å²) in [4.78, 5) is 26.7. The minimum Gasteiger partial charge on any atom is -0.339 e. The van der Waals surface area contributed by atoms with Crippen LogP contribution in [0.4, 0.5) is 0 Å². The van der Waals surface area contributed by atoms with E-state index in [1.54, 1.807) is 11.0 Å². The van der Waals surface area contributed by atoms with Crippen LogP contribution in [-0.4, -0.2) is 29.3 Å². The second-order valence-corrected chi connectivity index (χ2v) is 5.65. The van der Waals surface area contributed by atoms with Crippen LogP contribution in [0.1, 0.15) is 25.5 Å². The lowest BCUT2D eigenvalue weighted by Gasteiger charge is -2.40. The van der Waals surface area contributed by atoms with Crippen molar-refractivity contribution in [3.63, 3.8) is 0 Å². The summed E-state index contributed by atoms with van der Waals surface area (Å²) >= 11 is 5.57. The monoisotopic (exact) mass is 306 g/mol. The number of benzene rings is 1. The van der Waals surface area contributed by atoms with E-state index in [0.29, 0.717) is 6.54 Å². The van der Waals surface area contributed by atoms with E-state index in [-0.39, 0.29) is 17.7 Å². The zero-order chi connectivity index (χ0) is 15.4. The molecule has 1 aliphatic rings. The maximum atomic E-state index is 12.7. The van der Waals surface area contributed by atoms with Crippen LogP contribution in [0.2, 0.25) is 0 Å². The Kier molecular flexibility index (Phi) is 5.02. The number of piperazine rings is 1. The molecule has 1 heterocycles. The van der Waals surface area contributed by atoms with Crippen LogP contribution in [-0.2, 0) is 9.59 Å². The van der Waals surface area contributed by atoms with Crippen molar-refractivity contribution in [1.82, 2.24) is 10.2 Å². The Morgan fingerprint density at radius 3 is 2.52 bits per heavy atom. The molecular formula is C16H19ClN2O2. The Hall–Kier alpha value is -1.81. The molecular weight excluding hydrogens is 288 g/mol. The number of nitrogens with one attached hydrogen (secondary N) is 1. The van der Waals surface area contributed by atoms with Crippen molar-refractivity contribution in [3.8, 4) is 0 Å². The molecule has 0 bridgehead atoms. The fourth-order valence-corrected chi connectivity index (χ4v) is 2.70. The third-order valence-corrected chi connectivity index (χ3v) is 3.75. The summed E-state index contributed by atoms with van der Waals surface area (Å²) < 4.78 is 0. The number of hydrogen-bond acceptors (Lipinski definition) is 2. The van der Waals surface area contributed by atoms with Crippen molar-refractivity contribution in [2.24, 2.45) is 5.92 Å². The summed E-state index contributed by atoms with van der Waals surface area (Å²) in [5.74, 6) is -0.190. The fraction of sp³-hybridized carbons (Fsp3) is 0.375. The highest BCUT2D eigenvalue weighted by molar-refractivity contribution is 6.25. The molecule has 2 rings (SSSR count).